The van der Waals surface area contributed by atoms with Crippen LogP contribution in [-0.2, 0) is 29.3 Å². The zero-order valence-corrected chi connectivity index (χ0v) is 17.9. The molecule has 0 unspecified atom stereocenters. The zero-order chi connectivity index (χ0) is 20.8. The van der Waals surface area contributed by atoms with Gasteiger partial charge in [-0.1, -0.05) is 29.8 Å². The second-order valence-corrected chi connectivity index (χ2v) is 7.15. The third kappa shape index (κ3) is 5.09. The molecule has 0 saturated carbocycles. The summed E-state index contributed by atoms with van der Waals surface area (Å²) >= 11 is 12.0. The molecular formula is C20H22ClN5O2S. The Bertz CT molecular complexity index is 1030. The van der Waals surface area contributed by atoms with Crippen molar-refractivity contribution >= 4 is 29.8 Å². The van der Waals surface area contributed by atoms with E-state index in [1.165, 1.54) is 7.11 Å². The molecule has 3 aromatic rings. The van der Waals surface area contributed by atoms with Gasteiger partial charge in [-0.3, -0.25) is 14.7 Å². The summed E-state index contributed by atoms with van der Waals surface area (Å²) in [6.07, 6.45) is 3.44. The van der Waals surface area contributed by atoms with Crippen molar-refractivity contribution in [2.45, 2.75) is 26.7 Å². The third-order valence-corrected chi connectivity index (χ3v) is 5.24. The van der Waals surface area contributed by atoms with Crippen LogP contribution in [0.1, 0.15) is 12.5 Å². The van der Waals surface area contributed by atoms with E-state index in [0.717, 1.165) is 17.0 Å². The molecule has 0 radical (unpaired) electrons. The summed E-state index contributed by atoms with van der Waals surface area (Å²) in [5.41, 5.74) is 1.84. The Hall–Kier alpha value is -2.55. The Morgan fingerprint density at radius 2 is 1.97 bits per heavy atom. The minimum atomic E-state index is -0.340. The summed E-state index contributed by atoms with van der Waals surface area (Å²) in [6.45, 7) is 3.57. The Morgan fingerprint density at radius 3 is 2.62 bits per heavy atom. The van der Waals surface area contributed by atoms with Crippen molar-refractivity contribution in [3.05, 3.63) is 64.1 Å². The number of esters is 1. The number of benzene rings is 1. The maximum atomic E-state index is 12.0. The minimum absolute atomic E-state index is 0.0903. The number of aromatic nitrogens is 4. The summed E-state index contributed by atoms with van der Waals surface area (Å²) < 4.78 is 9.10. The molecule has 0 saturated heterocycles. The van der Waals surface area contributed by atoms with Gasteiger partial charge in [0.05, 0.1) is 20.3 Å². The number of hydrogen-bond donors (Lipinski definition) is 0. The summed E-state index contributed by atoms with van der Waals surface area (Å²) in [6, 6.07) is 11.3. The van der Waals surface area contributed by atoms with Gasteiger partial charge >= 0.3 is 5.97 Å². The fourth-order valence-electron chi connectivity index (χ4n) is 2.99. The highest BCUT2D eigenvalue weighted by molar-refractivity contribution is 7.71. The molecule has 152 valence electrons. The van der Waals surface area contributed by atoms with Crippen LogP contribution in [0.25, 0.3) is 11.4 Å². The molecule has 3 rings (SSSR count). The van der Waals surface area contributed by atoms with Crippen molar-refractivity contribution in [2.75, 3.05) is 13.7 Å². The Morgan fingerprint density at radius 1 is 1.24 bits per heavy atom. The van der Waals surface area contributed by atoms with E-state index in [0.29, 0.717) is 29.6 Å². The summed E-state index contributed by atoms with van der Waals surface area (Å²) in [5.74, 6) is 0.420. The standard InChI is InChI=1S/C20H22ClN5O2S/c1-3-25-19(15-8-10-22-11-9-15)23-26(20(25)29)14-24(13-18(27)28-2)12-16-6-4-5-7-17(16)21/h4-11H,3,12-14H2,1-2H3. The lowest BCUT2D eigenvalue weighted by Gasteiger charge is -2.21. The van der Waals surface area contributed by atoms with Crippen LogP contribution in [0.3, 0.4) is 0 Å². The smallest absolute Gasteiger partial charge is 0.319 e. The van der Waals surface area contributed by atoms with Gasteiger partial charge in [0, 0.05) is 36.1 Å². The molecule has 1 aromatic carbocycles. The zero-order valence-electron chi connectivity index (χ0n) is 16.3. The molecule has 2 aromatic heterocycles. The highest BCUT2D eigenvalue weighted by Gasteiger charge is 2.17. The first kappa shape index (κ1) is 21.2. The van der Waals surface area contributed by atoms with E-state index in [1.54, 1.807) is 17.1 Å². The van der Waals surface area contributed by atoms with Crippen molar-refractivity contribution in [2.24, 2.45) is 0 Å². The van der Waals surface area contributed by atoms with Gasteiger partial charge in [0.2, 0.25) is 0 Å². The number of carbonyl (C=O) groups is 1. The van der Waals surface area contributed by atoms with Crippen molar-refractivity contribution < 1.29 is 9.53 Å². The largest absolute Gasteiger partial charge is 0.468 e. The lowest BCUT2D eigenvalue weighted by atomic mass is 10.2. The normalized spacial score (nSPS) is 11.0. The van der Waals surface area contributed by atoms with Gasteiger partial charge in [0.1, 0.15) is 0 Å². The van der Waals surface area contributed by atoms with E-state index in [9.17, 15) is 4.79 Å². The molecule has 0 amide bonds. The number of halogens is 1. The van der Waals surface area contributed by atoms with Gasteiger partial charge in [0.25, 0.3) is 0 Å². The number of nitrogens with zero attached hydrogens (tertiary/aromatic N) is 5. The van der Waals surface area contributed by atoms with Crippen LogP contribution in [0.4, 0.5) is 0 Å². The van der Waals surface area contributed by atoms with E-state index < -0.39 is 0 Å². The number of methoxy groups -OCH3 is 1. The van der Waals surface area contributed by atoms with E-state index >= 15 is 0 Å². The van der Waals surface area contributed by atoms with Crippen LogP contribution < -0.4 is 0 Å². The maximum absolute atomic E-state index is 12.0. The molecule has 0 bridgehead atoms. The Labute approximate surface area is 179 Å². The summed E-state index contributed by atoms with van der Waals surface area (Å²) in [4.78, 5) is 17.9. The number of ether oxygens (including phenoxy) is 1. The van der Waals surface area contributed by atoms with E-state index in [1.807, 2.05) is 52.8 Å². The molecule has 0 aliphatic heterocycles. The van der Waals surface area contributed by atoms with Gasteiger partial charge in [-0.25, -0.2) is 4.68 Å². The molecule has 0 fully saturated rings. The highest BCUT2D eigenvalue weighted by atomic mass is 35.5. The molecule has 7 nitrogen and oxygen atoms in total. The predicted octanol–water partition coefficient (Wildman–Crippen LogP) is 3.78. The lowest BCUT2D eigenvalue weighted by Crippen LogP contribution is -2.32. The van der Waals surface area contributed by atoms with Gasteiger partial charge in [0.15, 0.2) is 10.6 Å². The van der Waals surface area contributed by atoms with Gasteiger partial charge in [-0.2, -0.15) is 5.10 Å². The van der Waals surface area contributed by atoms with Gasteiger partial charge in [-0.15, -0.1) is 0 Å². The number of pyridine rings is 1. The number of rotatable bonds is 8. The van der Waals surface area contributed by atoms with Crippen LogP contribution >= 0.6 is 23.8 Å². The van der Waals surface area contributed by atoms with E-state index in [-0.39, 0.29) is 12.5 Å². The molecule has 9 heteroatoms. The van der Waals surface area contributed by atoms with E-state index in [4.69, 9.17) is 33.7 Å². The molecule has 29 heavy (non-hydrogen) atoms. The third-order valence-electron chi connectivity index (χ3n) is 4.44. The van der Waals surface area contributed by atoms with Crippen molar-refractivity contribution in [3.8, 4) is 11.4 Å². The number of hydrogen-bond acceptors (Lipinski definition) is 6. The maximum Gasteiger partial charge on any atom is 0.319 e. The topological polar surface area (TPSA) is 65.2 Å². The molecule has 0 aliphatic rings. The lowest BCUT2D eigenvalue weighted by molar-refractivity contribution is -0.142. The predicted molar refractivity (Wildman–Crippen MR) is 114 cm³/mol. The minimum Gasteiger partial charge on any atom is -0.468 e. The van der Waals surface area contributed by atoms with Crippen molar-refractivity contribution in [1.29, 1.82) is 0 Å². The van der Waals surface area contributed by atoms with Crippen LogP contribution in [0.2, 0.25) is 5.02 Å². The quantitative estimate of drug-likeness (QED) is 0.399. The fourth-order valence-corrected chi connectivity index (χ4v) is 3.50. The Balaban J connectivity index is 1.93. The molecule has 0 atom stereocenters. The molecule has 0 N–H and O–H groups in total. The van der Waals surface area contributed by atoms with E-state index in [2.05, 4.69) is 4.98 Å². The first-order valence-corrected chi connectivity index (χ1v) is 9.92. The Kier molecular flexibility index (Phi) is 7.13. The first-order valence-electron chi connectivity index (χ1n) is 9.14. The van der Waals surface area contributed by atoms with Gasteiger partial charge < -0.3 is 9.30 Å². The van der Waals surface area contributed by atoms with Crippen LogP contribution in [-0.4, -0.2) is 43.9 Å². The van der Waals surface area contributed by atoms with Crippen LogP contribution in [0.5, 0.6) is 0 Å². The van der Waals surface area contributed by atoms with Crippen molar-refractivity contribution in [3.63, 3.8) is 0 Å². The monoisotopic (exact) mass is 431 g/mol. The van der Waals surface area contributed by atoms with Crippen LogP contribution in [0.15, 0.2) is 48.8 Å². The SMILES string of the molecule is CCn1c(-c2ccncc2)nn(CN(CC(=O)OC)Cc2ccccc2Cl)c1=S. The summed E-state index contributed by atoms with van der Waals surface area (Å²) in [5, 5.41) is 5.35. The fraction of sp³-hybridized carbons (Fsp3) is 0.300. The van der Waals surface area contributed by atoms with Crippen LogP contribution in [0, 0.1) is 4.77 Å². The second-order valence-electron chi connectivity index (χ2n) is 6.38. The average Bonchev–Trinajstić information content (AvgIpc) is 3.05. The second kappa shape index (κ2) is 9.78. The molecule has 0 aliphatic carbocycles. The van der Waals surface area contributed by atoms with Gasteiger partial charge in [-0.05, 0) is 42.9 Å². The molecule has 2 heterocycles. The summed E-state index contributed by atoms with van der Waals surface area (Å²) in [7, 11) is 1.37. The molecule has 0 spiro atoms. The number of carbonyl (C=O) groups excluding carboxylic acids is 1. The average molecular weight is 432 g/mol. The first-order chi connectivity index (χ1) is 14.0. The molecular weight excluding hydrogens is 410 g/mol. The highest BCUT2D eigenvalue weighted by Crippen LogP contribution is 2.20. The van der Waals surface area contributed by atoms with Crippen molar-refractivity contribution in [1.82, 2.24) is 24.2 Å².